The SMILES string of the molecule is C/C(=N\NC(=O)c1ccc(C(=O)O)c([N+](=O)[O-])c1)c1nn(C)c(-c2ccc(C(F)(F)F)cc2)c1O. The third-order valence-electron chi connectivity index (χ3n) is 4.86. The van der Waals surface area contributed by atoms with Gasteiger partial charge in [-0.15, -0.1) is 0 Å². The van der Waals surface area contributed by atoms with E-state index in [1.165, 1.54) is 30.8 Å². The van der Waals surface area contributed by atoms with Gasteiger partial charge in [0.05, 0.1) is 16.2 Å². The minimum absolute atomic E-state index is 0.0151. The lowest BCUT2D eigenvalue weighted by Crippen LogP contribution is -2.20. The summed E-state index contributed by atoms with van der Waals surface area (Å²) in [6.45, 7) is 1.38. The van der Waals surface area contributed by atoms with Gasteiger partial charge in [-0.1, -0.05) is 12.1 Å². The van der Waals surface area contributed by atoms with E-state index in [9.17, 15) is 38.0 Å². The Bertz CT molecular complexity index is 1360. The Hall–Kier alpha value is -4.75. The summed E-state index contributed by atoms with van der Waals surface area (Å²) in [6, 6.07) is 6.82. The topological polar surface area (TPSA) is 160 Å². The van der Waals surface area contributed by atoms with E-state index in [0.29, 0.717) is 0 Å². The number of amides is 1. The van der Waals surface area contributed by atoms with Crippen LogP contribution < -0.4 is 5.43 Å². The Morgan fingerprint density at radius 2 is 1.80 bits per heavy atom. The zero-order valence-electron chi connectivity index (χ0n) is 18.0. The van der Waals surface area contributed by atoms with Crippen LogP contribution in [0.25, 0.3) is 11.3 Å². The molecule has 0 unspecified atom stereocenters. The average Bonchev–Trinajstić information content (AvgIpc) is 3.10. The number of carboxylic acid groups (broad SMARTS) is 1. The highest BCUT2D eigenvalue weighted by Gasteiger charge is 2.30. The molecule has 0 bridgehead atoms. The Balaban J connectivity index is 1.86. The number of aromatic carboxylic acids is 1. The number of benzene rings is 2. The quantitative estimate of drug-likeness (QED) is 0.270. The number of nitro benzene ring substituents is 1. The number of nitrogens with zero attached hydrogens (tertiary/aromatic N) is 4. The molecule has 3 N–H and O–H groups in total. The molecule has 1 aromatic heterocycles. The second kappa shape index (κ2) is 9.24. The highest BCUT2D eigenvalue weighted by atomic mass is 19.4. The van der Waals surface area contributed by atoms with Gasteiger partial charge < -0.3 is 10.2 Å². The number of nitrogens with one attached hydrogen (secondary N) is 1. The van der Waals surface area contributed by atoms with Crippen LogP contribution in [0.5, 0.6) is 5.75 Å². The molecule has 1 amide bonds. The zero-order chi connectivity index (χ0) is 26.1. The summed E-state index contributed by atoms with van der Waals surface area (Å²) in [5, 5.41) is 38.6. The first-order valence-corrected chi connectivity index (χ1v) is 9.61. The fourth-order valence-electron chi connectivity index (χ4n) is 3.15. The van der Waals surface area contributed by atoms with Gasteiger partial charge in [-0.2, -0.15) is 23.4 Å². The normalized spacial score (nSPS) is 11.9. The van der Waals surface area contributed by atoms with Crippen LogP contribution in [0.4, 0.5) is 18.9 Å². The van der Waals surface area contributed by atoms with Crippen molar-refractivity contribution in [1.82, 2.24) is 15.2 Å². The number of rotatable bonds is 6. The summed E-state index contributed by atoms with van der Waals surface area (Å²) in [4.78, 5) is 33.6. The van der Waals surface area contributed by atoms with E-state index in [2.05, 4.69) is 15.6 Å². The number of aromatic hydroxyl groups is 1. The van der Waals surface area contributed by atoms with Crippen LogP contribution >= 0.6 is 0 Å². The molecule has 0 saturated heterocycles. The van der Waals surface area contributed by atoms with Crippen LogP contribution in [0.1, 0.15) is 38.9 Å². The van der Waals surface area contributed by atoms with Gasteiger partial charge in [0.2, 0.25) is 0 Å². The number of carboxylic acids is 1. The summed E-state index contributed by atoms with van der Waals surface area (Å²) in [6.07, 6.45) is -4.52. The van der Waals surface area contributed by atoms with Gasteiger partial charge in [-0.3, -0.25) is 19.6 Å². The molecule has 14 heteroatoms. The monoisotopic (exact) mass is 491 g/mol. The minimum Gasteiger partial charge on any atom is -0.504 e. The third kappa shape index (κ3) is 5.10. The van der Waals surface area contributed by atoms with Crippen molar-refractivity contribution < 1.29 is 37.9 Å². The first-order valence-electron chi connectivity index (χ1n) is 9.61. The number of carbonyl (C=O) groups excluding carboxylic acids is 1. The Morgan fingerprint density at radius 3 is 2.34 bits per heavy atom. The molecule has 0 aliphatic carbocycles. The molecule has 3 rings (SSSR count). The second-order valence-corrected chi connectivity index (χ2v) is 7.18. The first kappa shape index (κ1) is 24.9. The van der Waals surface area contributed by atoms with Gasteiger partial charge >= 0.3 is 12.1 Å². The number of carbonyl (C=O) groups is 2. The fourth-order valence-corrected chi connectivity index (χ4v) is 3.15. The van der Waals surface area contributed by atoms with E-state index in [4.69, 9.17) is 5.11 Å². The number of hydrogen-bond acceptors (Lipinski definition) is 7. The standard InChI is InChI=1S/C21H16F3N5O6/c1-10(25-26-19(31)12-5-8-14(20(32)33)15(9-12)29(34)35)16-18(30)17(28(2)27-16)11-3-6-13(7-4-11)21(22,23)24/h3-9,30H,1-2H3,(H,26,31)(H,32,33)/b25-10+. The third-order valence-corrected chi connectivity index (χ3v) is 4.86. The molecular formula is C21H16F3N5O6. The molecule has 0 radical (unpaired) electrons. The summed E-state index contributed by atoms with van der Waals surface area (Å²) < 4.78 is 39.6. The maximum Gasteiger partial charge on any atom is 0.416 e. The Kier molecular flexibility index (Phi) is 6.57. The number of hydrazone groups is 1. The molecule has 0 spiro atoms. The smallest absolute Gasteiger partial charge is 0.416 e. The van der Waals surface area contributed by atoms with E-state index in [1.807, 2.05) is 0 Å². The summed E-state index contributed by atoms with van der Waals surface area (Å²) in [5.74, 6) is -2.83. The van der Waals surface area contributed by atoms with Crippen LogP contribution in [0.2, 0.25) is 0 Å². The zero-order valence-corrected chi connectivity index (χ0v) is 18.0. The predicted octanol–water partition coefficient (Wildman–Crippen LogP) is 3.57. The van der Waals surface area contributed by atoms with Gasteiger partial charge in [0.1, 0.15) is 11.3 Å². The molecular weight excluding hydrogens is 475 g/mol. The predicted molar refractivity (Wildman–Crippen MR) is 115 cm³/mol. The molecule has 1 heterocycles. The van der Waals surface area contributed by atoms with Gasteiger partial charge in [0.25, 0.3) is 11.6 Å². The summed E-state index contributed by atoms with van der Waals surface area (Å²) in [5.41, 5.74) is -0.0606. The molecule has 35 heavy (non-hydrogen) atoms. The molecule has 0 fully saturated rings. The van der Waals surface area contributed by atoms with Crippen molar-refractivity contribution in [2.24, 2.45) is 12.1 Å². The molecule has 2 aromatic carbocycles. The van der Waals surface area contributed by atoms with Crippen LogP contribution in [0.3, 0.4) is 0 Å². The van der Waals surface area contributed by atoms with Crippen LogP contribution in [0.15, 0.2) is 47.6 Å². The van der Waals surface area contributed by atoms with E-state index < -0.39 is 45.5 Å². The molecule has 0 saturated carbocycles. The molecule has 0 aliphatic heterocycles. The fraction of sp³-hybridized carbons (Fsp3) is 0.143. The molecule has 11 nitrogen and oxygen atoms in total. The van der Waals surface area contributed by atoms with Crippen molar-refractivity contribution in [3.8, 4) is 17.0 Å². The lowest BCUT2D eigenvalue weighted by molar-refractivity contribution is -0.385. The molecule has 0 atom stereocenters. The first-order chi connectivity index (χ1) is 16.3. The van der Waals surface area contributed by atoms with Crippen molar-refractivity contribution in [2.45, 2.75) is 13.1 Å². The van der Waals surface area contributed by atoms with Gasteiger partial charge in [-0.05, 0) is 31.2 Å². The molecule has 182 valence electrons. The van der Waals surface area contributed by atoms with E-state index >= 15 is 0 Å². The van der Waals surface area contributed by atoms with Crippen LogP contribution in [0, 0.1) is 10.1 Å². The van der Waals surface area contributed by atoms with Crippen molar-refractivity contribution in [1.29, 1.82) is 0 Å². The van der Waals surface area contributed by atoms with Crippen LogP contribution in [-0.2, 0) is 13.2 Å². The maximum atomic E-state index is 12.8. The van der Waals surface area contributed by atoms with Gasteiger partial charge in [0.15, 0.2) is 11.4 Å². The Morgan fingerprint density at radius 1 is 1.17 bits per heavy atom. The number of halogens is 3. The van der Waals surface area contributed by atoms with Crippen LogP contribution in [-0.4, -0.2) is 42.5 Å². The lowest BCUT2D eigenvalue weighted by atomic mass is 10.1. The molecule has 0 aliphatic rings. The molecule has 3 aromatic rings. The highest BCUT2D eigenvalue weighted by molar-refractivity contribution is 6.03. The van der Waals surface area contributed by atoms with Gasteiger partial charge in [0, 0.05) is 24.2 Å². The van der Waals surface area contributed by atoms with E-state index in [1.54, 1.807) is 0 Å². The average molecular weight is 491 g/mol. The summed E-state index contributed by atoms with van der Waals surface area (Å²) >= 11 is 0. The largest absolute Gasteiger partial charge is 0.504 e. The van der Waals surface area contributed by atoms with E-state index in [0.717, 1.165) is 30.3 Å². The van der Waals surface area contributed by atoms with Crippen molar-refractivity contribution in [3.63, 3.8) is 0 Å². The summed E-state index contributed by atoms with van der Waals surface area (Å²) in [7, 11) is 1.45. The van der Waals surface area contributed by atoms with E-state index in [-0.39, 0.29) is 28.2 Å². The number of alkyl halides is 3. The second-order valence-electron chi connectivity index (χ2n) is 7.18. The number of aromatic nitrogens is 2. The highest BCUT2D eigenvalue weighted by Crippen LogP contribution is 2.35. The number of hydrogen-bond donors (Lipinski definition) is 3. The van der Waals surface area contributed by atoms with Crippen molar-refractivity contribution >= 4 is 23.3 Å². The number of aryl methyl sites for hydroxylation is 1. The van der Waals surface area contributed by atoms with Crippen molar-refractivity contribution in [2.75, 3.05) is 0 Å². The lowest BCUT2D eigenvalue weighted by Gasteiger charge is -2.08. The maximum absolute atomic E-state index is 12.8. The number of nitro groups is 1. The Labute approximate surface area is 194 Å². The van der Waals surface area contributed by atoms with Crippen molar-refractivity contribution in [3.05, 3.63) is 75.0 Å². The minimum atomic E-state index is -4.52. The van der Waals surface area contributed by atoms with Gasteiger partial charge in [-0.25, -0.2) is 10.2 Å².